The standard InChI is InChI=1S/C14H19BrN4OS/c15-12-4-3-11(21-12)14-18-17-13(20-14)9-19-7-1-2-10(8-19)5-6-16/h3-4,10H,1-2,5-9,16H2. The number of nitrogens with zero attached hydrogens (tertiary/aromatic N) is 3. The number of piperidine rings is 1. The second-order valence-corrected chi connectivity index (χ2v) is 7.89. The van der Waals surface area contributed by atoms with Crippen molar-refractivity contribution in [2.75, 3.05) is 19.6 Å². The molecule has 3 heterocycles. The Balaban J connectivity index is 1.61. The molecule has 2 aromatic rings. The number of thiophene rings is 1. The van der Waals surface area contributed by atoms with Crippen LogP contribution >= 0.6 is 27.3 Å². The first-order chi connectivity index (χ1) is 10.2. The smallest absolute Gasteiger partial charge is 0.257 e. The second-order valence-electron chi connectivity index (χ2n) is 5.43. The van der Waals surface area contributed by atoms with Crippen LogP contribution < -0.4 is 5.73 Å². The van der Waals surface area contributed by atoms with Crippen LogP contribution in [0.15, 0.2) is 20.3 Å². The van der Waals surface area contributed by atoms with E-state index in [1.54, 1.807) is 11.3 Å². The maximum atomic E-state index is 5.78. The van der Waals surface area contributed by atoms with Crippen LogP contribution in [0.4, 0.5) is 0 Å². The van der Waals surface area contributed by atoms with E-state index in [0.29, 0.717) is 17.7 Å². The Hall–Kier alpha value is -0.760. The van der Waals surface area contributed by atoms with Gasteiger partial charge in [-0.3, -0.25) is 4.90 Å². The van der Waals surface area contributed by atoms with E-state index >= 15 is 0 Å². The third-order valence-corrected chi connectivity index (χ3v) is 5.40. The summed E-state index contributed by atoms with van der Waals surface area (Å²) < 4.78 is 6.85. The molecule has 0 aliphatic carbocycles. The summed E-state index contributed by atoms with van der Waals surface area (Å²) in [5.74, 6) is 2.01. The maximum absolute atomic E-state index is 5.78. The lowest BCUT2D eigenvalue weighted by Gasteiger charge is -2.31. The fourth-order valence-corrected chi connectivity index (χ4v) is 4.11. The van der Waals surface area contributed by atoms with Gasteiger partial charge in [0.25, 0.3) is 5.89 Å². The molecule has 0 saturated carbocycles. The van der Waals surface area contributed by atoms with Gasteiger partial charge >= 0.3 is 0 Å². The summed E-state index contributed by atoms with van der Waals surface area (Å²) in [7, 11) is 0. The maximum Gasteiger partial charge on any atom is 0.257 e. The molecule has 2 N–H and O–H groups in total. The van der Waals surface area contributed by atoms with Gasteiger partial charge in [-0.05, 0) is 66.3 Å². The molecule has 1 saturated heterocycles. The first kappa shape index (κ1) is 15.1. The number of likely N-dealkylation sites (tertiary alicyclic amines) is 1. The Morgan fingerprint density at radius 1 is 1.43 bits per heavy atom. The van der Waals surface area contributed by atoms with Crippen molar-refractivity contribution in [2.24, 2.45) is 11.7 Å². The summed E-state index contributed by atoms with van der Waals surface area (Å²) >= 11 is 5.05. The predicted molar refractivity (Wildman–Crippen MR) is 87.0 cm³/mol. The van der Waals surface area contributed by atoms with Crippen molar-refractivity contribution in [1.82, 2.24) is 15.1 Å². The van der Waals surface area contributed by atoms with Gasteiger partial charge in [0.2, 0.25) is 5.89 Å². The van der Waals surface area contributed by atoms with Gasteiger partial charge in [0.1, 0.15) is 0 Å². The Kier molecular flexibility index (Phi) is 5.05. The van der Waals surface area contributed by atoms with E-state index in [4.69, 9.17) is 10.2 Å². The minimum absolute atomic E-state index is 0.608. The molecule has 7 heteroatoms. The molecule has 5 nitrogen and oxygen atoms in total. The zero-order chi connectivity index (χ0) is 14.7. The summed E-state index contributed by atoms with van der Waals surface area (Å²) in [5, 5.41) is 8.32. The molecule has 1 atom stereocenters. The van der Waals surface area contributed by atoms with Crippen LogP contribution in [0.5, 0.6) is 0 Å². The average Bonchev–Trinajstić information content (AvgIpc) is 3.09. The number of halogens is 1. The van der Waals surface area contributed by atoms with Crippen molar-refractivity contribution in [3.8, 4) is 10.8 Å². The fourth-order valence-electron chi connectivity index (χ4n) is 2.80. The molecule has 0 bridgehead atoms. The highest BCUT2D eigenvalue weighted by Gasteiger charge is 2.21. The zero-order valence-corrected chi connectivity index (χ0v) is 14.2. The minimum atomic E-state index is 0.608. The quantitative estimate of drug-likeness (QED) is 0.875. The van der Waals surface area contributed by atoms with E-state index in [0.717, 1.165) is 41.3 Å². The SMILES string of the molecule is NCCC1CCCN(Cc2nnc(-c3ccc(Br)s3)o2)C1. The van der Waals surface area contributed by atoms with Gasteiger partial charge < -0.3 is 10.2 Å². The van der Waals surface area contributed by atoms with Crippen LogP contribution in [0.2, 0.25) is 0 Å². The van der Waals surface area contributed by atoms with Gasteiger partial charge in [-0.2, -0.15) is 0 Å². The molecule has 1 fully saturated rings. The highest BCUT2D eigenvalue weighted by Crippen LogP contribution is 2.30. The largest absolute Gasteiger partial charge is 0.419 e. The summed E-state index contributed by atoms with van der Waals surface area (Å²) in [5.41, 5.74) is 5.67. The lowest BCUT2D eigenvalue weighted by molar-refractivity contribution is 0.151. The molecular formula is C14H19BrN4OS. The summed E-state index contributed by atoms with van der Waals surface area (Å²) in [6.45, 7) is 3.69. The average molecular weight is 371 g/mol. The molecule has 0 radical (unpaired) electrons. The molecule has 0 spiro atoms. The van der Waals surface area contributed by atoms with Gasteiger partial charge in [-0.15, -0.1) is 21.5 Å². The van der Waals surface area contributed by atoms with Gasteiger partial charge in [-0.25, -0.2) is 0 Å². The molecule has 3 rings (SSSR count). The van der Waals surface area contributed by atoms with Crippen molar-refractivity contribution in [3.05, 3.63) is 21.8 Å². The zero-order valence-electron chi connectivity index (χ0n) is 11.8. The van der Waals surface area contributed by atoms with E-state index in [1.165, 1.54) is 12.8 Å². The number of rotatable bonds is 5. The van der Waals surface area contributed by atoms with Gasteiger partial charge in [-0.1, -0.05) is 0 Å². The number of hydrogen-bond acceptors (Lipinski definition) is 6. The molecule has 1 aliphatic heterocycles. The van der Waals surface area contributed by atoms with E-state index < -0.39 is 0 Å². The second kappa shape index (κ2) is 7.00. The Morgan fingerprint density at radius 2 is 2.33 bits per heavy atom. The van der Waals surface area contributed by atoms with E-state index in [1.807, 2.05) is 12.1 Å². The molecule has 114 valence electrons. The van der Waals surface area contributed by atoms with Crippen molar-refractivity contribution in [3.63, 3.8) is 0 Å². The molecule has 0 aromatic carbocycles. The van der Waals surface area contributed by atoms with E-state index in [-0.39, 0.29) is 0 Å². The lowest BCUT2D eigenvalue weighted by atomic mass is 9.95. The molecule has 1 aliphatic rings. The van der Waals surface area contributed by atoms with Gasteiger partial charge in [0.15, 0.2) is 0 Å². The van der Waals surface area contributed by atoms with Crippen LogP contribution in [0, 0.1) is 5.92 Å². The van der Waals surface area contributed by atoms with Crippen molar-refractivity contribution >= 4 is 27.3 Å². The summed E-state index contributed by atoms with van der Waals surface area (Å²) in [4.78, 5) is 3.39. The number of nitrogens with two attached hydrogens (primary N) is 1. The first-order valence-electron chi connectivity index (χ1n) is 7.25. The van der Waals surface area contributed by atoms with Crippen LogP contribution in [-0.2, 0) is 6.54 Å². The minimum Gasteiger partial charge on any atom is -0.419 e. The van der Waals surface area contributed by atoms with Crippen molar-refractivity contribution < 1.29 is 4.42 Å². The molecule has 0 amide bonds. The number of aromatic nitrogens is 2. The lowest BCUT2D eigenvalue weighted by Crippen LogP contribution is -2.35. The summed E-state index contributed by atoms with van der Waals surface area (Å²) in [6, 6.07) is 3.98. The van der Waals surface area contributed by atoms with Gasteiger partial charge in [0, 0.05) is 6.54 Å². The normalized spacial score (nSPS) is 20.0. The van der Waals surface area contributed by atoms with Crippen LogP contribution in [0.3, 0.4) is 0 Å². The van der Waals surface area contributed by atoms with Crippen LogP contribution in [0.1, 0.15) is 25.2 Å². The fraction of sp³-hybridized carbons (Fsp3) is 0.571. The van der Waals surface area contributed by atoms with Crippen LogP contribution in [0.25, 0.3) is 10.8 Å². The molecular weight excluding hydrogens is 352 g/mol. The Bertz CT molecular complexity index is 583. The van der Waals surface area contributed by atoms with E-state index in [2.05, 4.69) is 31.0 Å². The predicted octanol–water partition coefficient (Wildman–Crippen LogP) is 3.12. The van der Waals surface area contributed by atoms with Crippen molar-refractivity contribution in [2.45, 2.75) is 25.8 Å². The third kappa shape index (κ3) is 3.91. The Morgan fingerprint density at radius 3 is 3.10 bits per heavy atom. The molecule has 2 aromatic heterocycles. The monoisotopic (exact) mass is 370 g/mol. The first-order valence-corrected chi connectivity index (χ1v) is 8.86. The van der Waals surface area contributed by atoms with E-state index in [9.17, 15) is 0 Å². The third-order valence-electron chi connectivity index (χ3n) is 3.79. The van der Waals surface area contributed by atoms with Crippen molar-refractivity contribution in [1.29, 1.82) is 0 Å². The highest BCUT2D eigenvalue weighted by molar-refractivity contribution is 9.11. The van der Waals surface area contributed by atoms with Gasteiger partial charge in [0.05, 0.1) is 15.2 Å². The number of hydrogen-bond donors (Lipinski definition) is 1. The highest BCUT2D eigenvalue weighted by atomic mass is 79.9. The van der Waals surface area contributed by atoms with Crippen LogP contribution in [-0.4, -0.2) is 34.7 Å². The molecule has 21 heavy (non-hydrogen) atoms. The topological polar surface area (TPSA) is 68.2 Å². The summed E-state index contributed by atoms with van der Waals surface area (Å²) in [6.07, 6.45) is 3.62. The molecule has 1 unspecified atom stereocenters. The Labute approximate surface area is 136 Å².